The maximum atomic E-state index is 14.2. The van der Waals surface area contributed by atoms with E-state index in [1.165, 1.54) is 13.2 Å². The molecular weight excluding hydrogens is 475 g/mol. The first-order valence-corrected chi connectivity index (χ1v) is 11.8. The third kappa shape index (κ3) is 6.52. The standard InChI is InChI=1S/C25H23FN2O6S/c1-3-15-27-35(31,32)22-16-18(9-14-21(22)26)25(30)34-23(17-7-5-4-6-8-17)24(29)28-19-10-12-20(33-2)13-11-19/h3-14,16,23,27H,1,15H2,2H3,(H,28,29). The van der Waals surface area contributed by atoms with Crippen LogP contribution in [0, 0.1) is 5.82 Å². The lowest BCUT2D eigenvalue weighted by Crippen LogP contribution is -2.27. The van der Waals surface area contributed by atoms with Crippen molar-refractivity contribution in [3.05, 3.63) is 102 Å². The number of sulfonamides is 1. The second-order valence-corrected chi connectivity index (χ2v) is 8.93. The summed E-state index contributed by atoms with van der Waals surface area (Å²) >= 11 is 0. The van der Waals surface area contributed by atoms with E-state index in [1.54, 1.807) is 54.6 Å². The highest BCUT2D eigenvalue weighted by molar-refractivity contribution is 7.89. The van der Waals surface area contributed by atoms with E-state index in [4.69, 9.17) is 9.47 Å². The zero-order valence-corrected chi connectivity index (χ0v) is 19.5. The average molecular weight is 499 g/mol. The summed E-state index contributed by atoms with van der Waals surface area (Å²) < 4.78 is 51.7. The maximum Gasteiger partial charge on any atom is 0.339 e. The van der Waals surface area contributed by atoms with Crippen molar-refractivity contribution in [1.29, 1.82) is 0 Å². The van der Waals surface area contributed by atoms with Gasteiger partial charge in [0, 0.05) is 17.8 Å². The van der Waals surface area contributed by atoms with Gasteiger partial charge in [-0.05, 0) is 42.5 Å². The van der Waals surface area contributed by atoms with Gasteiger partial charge < -0.3 is 14.8 Å². The van der Waals surface area contributed by atoms with Gasteiger partial charge in [0.2, 0.25) is 16.1 Å². The lowest BCUT2D eigenvalue weighted by molar-refractivity contribution is -0.125. The summed E-state index contributed by atoms with van der Waals surface area (Å²) in [6.07, 6.45) is -0.0748. The molecule has 3 rings (SSSR count). The fraction of sp³-hybridized carbons (Fsp3) is 0.120. The van der Waals surface area contributed by atoms with E-state index in [-0.39, 0.29) is 12.1 Å². The molecule has 0 aliphatic heterocycles. The molecule has 0 aliphatic carbocycles. The van der Waals surface area contributed by atoms with E-state index >= 15 is 0 Å². The van der Waals surface area contributed by atoms with E-state index in [9.17, 15) is 22.4 Å². The van der Waals surface area contributed by atoms with Crippen LogP contribution in [0.25, 0.3) is 0 Å². The van der Waals surface area contributed by atoms with Crippen LogP contribution in [0.4, 0.5) is 10.1 Å². The molecule has 182 valence electrons. The number of benzene rings is 3. The topological polar surface area (TPSA) is 111 Å². The molecule has 0 spiro atoms. The summed E-state index contributed by atoms with van der Waals surface area (Å²) in [7, 11) is -2.73. The van der Waals surface area contributed by atoms with Crippen molar-refractivity contribution >= 4 is 27.6 Å². The van der Waals surface area contributed by atoms with E-state index in [2.05, 4.69) is 16.6 Å². The number of methoxy groups -OCH3 is 1. The Morgan fingerprint density at radius 3 is 2.37 bits per heavy atom. The second kappa shape index (κ2) is 11.4. The van der Waals surface area contributed by atoms with Gasteiger partial charge >= 0.3 is 5.97 Å². The van der Waals surface area contributed by atoms with Crippen LogP contribution in [0.15, 0.2) is 90.3 Å². The average Bonchev–Trinajstić information content (AvgIpc) is 2.87. The quantitative estimate of drug-likeness (QED) is 0.325. The number of nitrogens with one attached hydrogen (secondary N) is 2. The van der Waals surface area contributed by atoms with Crippen molar-refractivity contribution in [2.24, 2.45) is 0 Å². The van der Waals surface area contributed by atoms with Crippen LogP contribution in [-0.2, 0) is 19.6 Å². The van der Waals surface area contributed by atoms with Crippen molar-refractivity contribution in [1.82, 2.24) is 4.72 Å². The predicted octanol–water partition coefficient (Wildman–Crippen LogP) is 3.84. The lowest BCUT2D eigenvalue weighted by Gasteiger charge is -2.18. The third-order valence-corrected chi connectivity index (χ3v) is 6.24. The molecule has 3 aromatic rings. The minimum atomic E-state index is -4.25. The number of esters is 1. The van der Waals surface area contributed by atoms with Crippen LogP contribution in [0.5, 0.6) is 5.75 Å². The van der Waals surface area contributed by atoms with Crippen LogP contribution in [0.2, 0.25) is 0 Å². The van der Waals surface area contributed by atoms with Gasteiger partial charge in [-0.2, -0.15) is 0 Å². The Labute approximate surface area is 202 Å². The van der Waals surface area contributed by atoms with Gasteiger partial charge in [-0.3, -0.25) is 4.79 Å². The Kier molecular flexibility index (Phi) is 8.34. The Bertz CT molecular complexity index is 1310. The summed E-state index contributed by atoms with van der Waals surface area (Å²) in [5.41, 5.74) is 0.578. The second-order valence-electron chi connectivity index (χ2n) is 7.20. The van der Waals surface area contributed by atoms with Crippen molar-refractivity contribution in [2.45, 2.75) is 11.0 Å². The number of rotatable bonds is 10. The Morgan fingerprint density at radius 2 is 1.74 bits per heavy atom. The number of carbonyl (C=O) groups excluding carboxylic acids is 2. The molecule has 0 aliphatic rings. The molecule has 35 heavy (non-hydrogen) atoms. The van der Waals surface area contributed by atoms with Gasteiger partial charge in [0.05, 0.1) is 12.7 Å². The largest absolute Gasteiger partial charge is 0.497 e. The fourth-order valence-corrected chi connectivity index (χ4v) is 4.14. The van der Waals surface area contributed by atoms with Gasteiger partial charge in [-0.25, -0.2) is 22.3 Å². The first-order valence-electron chi connectivity index (χ1n) is 10.4. The van der Waals surface area contributed by atoms with Crippen LogP contribution in [0.1, 0.15) is 22.0 Å². The van der Waals surface area contributed by atoms with Crippen LogP contribution < -0.4 is 14.8 Å². The number of halogens is 1. The molecule has 0 saturated carbocycles. The van der Waals surface area contributed by atoms with Crippen molar-refractivity contribution < 1.29 is 31.9 Å². The highest BCUT2D eigenvalue weighted by Crippen LogP contribution is 2.24. The normalized spacial score (nSPS) is 11.8. The number of ether oxygens (including phenoxy) is 2. The molecule has 8 nitrogen and oxygen atoms in total. The fourth-order valence-electron chi connectivity index (χ4n) is 3.04. The highest BCUT2D eigenvalue weighted by atomic mass is 32.2. The number of hydrogen-bond donors (Lipinski definition) is 2. The van der Waals surface area contributed by atoms with Crippen molar-refractivity contribution in [3.8, 4) is 5.75 Å². The van der Waals surface area contributed by atoms with Gasteiger partial charge in [-0.15, -0.1) is 6.58 Å². The highest BCUT2D eigenvalue weighted by Gasteiger charge is 2.27. The monoisotopic (exact) mass is 498 g/mol. The molecule has 2 N–H and O–H groups in total. The lowest BCUT2D eigenvalue weighted by atomic mass is 10.1. The zero-order chi connectivity index (χ0) is 25.4. The molecule has 10 heteroatoms. The third-order valence-electron chi connectivity index (χ3n) is 4.80. The minimum Gasteiger partial charge on any atom is -0.497 e. The minimum absolute atomic E-state index is 0.127. The van der Waals surface area contributed by atoms with Crippen LogP contribution >= 0.6 is 0 Å². The Balaban J connectivity index is 1.87. The Hall–Kier alpha value is -4.02. The molecule has 0 bridgehead atoms. The summed E-state index contributed by atoms with van der Waals surface area (Å²) in [6, 6.07) is 17.6. The summed E-state index contributed by atoms with van der Waals surface area (Å²) in [5.74, 6) is -2.10. The van der Waals surface area contributed by atoms with Gasteiger partial charge in [0.25, 0.3) is 5.91 Å². The summed E-state index contributed by atoms with van der Waals surface area (Å²) in [5, 5.41) is 2.67. The van der Waals surface area contributed by atoms with E-state index in [1.807, 2.05) is 0 Å². The first-order chi connectivity index (χ1) is 16.7. The van der Waals surface area contributed by atoms with Gasteiger partial charge in [-0.1, -0.05) is 36.4 Å². The zero-order valence-electron chi connectivity index (χ0n) is 18.7. The number of hydrogen-bond acceptors (Lipinski definition) is 6. The SMILES string of the molecule is C=CCNS(=O)(=O)c1cc(C(=O)OC(C(=O)Nc2ccc(OC)cc2)c2ccccc2)ccc1F. The molecule has 1 amide bonds. The number of carbonyl (C=O) groups is 2. The van der Waals surface area contributed by atoms with Crippen molar-refractivity contribution in [3.63, 3.8) is 0 Å². The molecule has 0 radical (unpaired) electrons. The summed E-state index contributed by atoms with van der Waals surface area (Å²) in [6.45, 7) is 3.28. The van der Waals surface area contributed by atoms with Crippen LogP contribution in [-0.4, -0.2) is 33.9 Å². The smallest absolute Gasteiger partial charge is 0.339 e. The number of anilines is 1. The Morgan fingerprint density at radius 1 is 1.06 bits per heavy atom. The molecule has 3 aromatic carbocycles. The maximum absolute atomic E-state index is 14.2. The molecule has 1 unspecified atom stereocenters. The van der Waals surface area contributed by atoms with Crippen LogP contribution in [0.3, 0.4) is 0 Å². The van der Waals surface area contributed by atoms with E-state index in [0.29, 0.717) is 17.0 Å². The summed E-state index contributed by atoms with van der Waals surface area (Å²) in [4.78, 5) is 25.2. The van der Waals surface area contributed by atoms with E-state index < -0.39 is 38.7 Å². The molecule has 0 saturated heterocycles. The number of amides is 1. The molecule has 0 heterocycles. The molecule has 0 fully saturated rings. The van der Waals surface area contributed by atoms with E-state index in [0.717, 1.165) is 18.2 Å². The molecule has 1 atom stereocenters. The molecular formula is C25H23FN2O6S. The molecule has 0 aromatic heterocycles. The van der Waals surface area contributed by atoms with Crippen molar-refractivity contribution in [2.75, 3.05) is 19.0 Å². The van der Waals surface area contributed by atoms with Gasteiger partial charge in [0.15, 0.2) is 0 Å². The predicted molar refractivity (Wildman–Crippen MR) is 128 cm³/mol. The first kappa shape index (κ1) is 25.6. The van der Waals surface area contributed by atoms with Gasteiger partial charge in [0.1, 0.15) is 16.5 Å².